The van der Waals surface area contributed by atoms with Crippen LogP contribution in [0.25, 0.3) is 10.9 Å². The van der Waals surface area contributed by atoms with Gasteiger partial charge in [0.25, 0.3) is 0 Å². The number of H-pyrrole nitrogens is 1. The van der Waals surface area contributed by atoms with E-state index in [1.165, 1.54) is 23.9 Å². The van der Waals surface area contributed by atoms with E-state index in [4.69, 9.17) is 5.26 Å². The molecule has 1 aromatic heterocycles. The molecular weight excluding hydrogens is 234 g/mol. The minimum atomic E-state index is 0.690. The Morgan fingerprint density at radius 2 is 2.32 bits per heavy atom. The van der Waals surface area contributed by atoms with E-state index in [2.05, 4.69) is 42.2 Å². The highest BCUT2D eigenvalue weighted by atomic mass is 15.1. The third-order valence-electron chi connectivity index (χ3n) is 4.25. The molecule has 1 heterocycles. The van der Waals surface area contributed by atoms with Crippen LogP contribution in [0.4, 0.5) is 0 Å². The quantitative estimate of drug-likeness (QED) is 0.909. The molecule has 2 aromatic rings. The topological polar surface area (TPSA) is 42.8 Å². The number of hydrogen-bond donors (Lipinski definition) is 1. The summed E-state index contributed by atoms with van der Waals surface area (Å²) in [5.74, 6) is 1.48. The summed E-state index contributed by atoms with van der Waals surface area (Å²) in [6.07, 6.45) is 3.42. The second-order valence-corrected chi connectivity index (χ2v) is 5.57. The average molecular weight is 253 g/mol. The van der Waals surface area contributed by atoms with Crippen LogP contribution in [-0.4, -0.2) is 30.0 Å². The largest absolute Gasteiger partial charge is 0.361 e. The maximum Gasteiger partial charge on any atom is 0.0992 e. The summed E-state index contributed by atoms with van der Waals surface area (Å²) >= 11 is 0. The van der Waals surface area contributed by atoms with Crippen molar-refractivity contribution in [1.82, 2.24) is 9.88 Å². The fourth-order valence-corrected chi connectivity index (χ4v) is 2.88. The van der Waals surface area contributed by atoms with Gasteiger partial charge in [-0.1, -0.05) is 13.0 Å². The first-order valence-corrected chi connectivity index (χ1v) is 6.92. The van der Waals surface area contributed by atoms with Crippen LogP contribution in [0, 0.1) is 17.2 Å². The molecule has 0 bridgehead atoms. The molecule has 1 fully saturated rings. The summed E-state index contributed by atoms with van der Waals surface area (Å²) in [5.41, 5.74) is 3.23. The second kappa shape index (κ2) is 4.71. The molecule has 2 unspecified atom stereocenters. The Labute approximate surface area is 113 Å². The van der Waals surface area contributed by atoms with E-state index in [0.29, 0.717) is 5.92 Å². The fourth-order valence-electron chi connectivity index (χ4n) is 2.88. The van der Waals surface area contributed by atoms with E-state index >= 15 is 0 Å². The van der Waals surface area contributed by atoms with Gasteiger partial charge >= 0.3 is 0 Å². The third-order valence-corrected chi connectivity index (χ3v) is 4.25. The van der Waals surface area contributed by atoms with Crippen LogP contribution in [0.15, 0.2) is 24.4 Å². The zero-order valence-electron chi connectivity index (χ0n) is 11.5. The van der Waals surface area contributed by atoms with Crippen LogP contribution in [0.2, 0.25) is 0 Å². The average Bonchev–Trinajstić information content (AvgIpc) is 3.06. The molecule has 0 saturated heterocycles. The van der Waals surface area contributed by atoms with Crippen molar-refractivity contribution in [2.24, 2.45) is 5.92 Å². The number of aromatic amines is 1. The molecule has 0 amide bonds. The van der Waals surface area contributed by atoms with Gasteiger partial charge in [-0.25, -0.2) is 0 Å². The van der Waals surface area contributed by atoms with Gasteiger partial charge in [-0.05, 0) is 49.5 Å². The highest BCUT2D eigenvalue weighted by molar-refractivity contribution is 5.85. The van der Waals surface area contributed by atoms with Gasteiger partial charge in [0.05, 0.1) is 11.6 Å². The summed E-state index contributed by atoms with van der Waals surface area (Å²) in [6, 6.07) is 8.12. The normalized spacial score (nSPS) is 21.8. The van der Waals surface area contributed by atoms with Crippen LogP contribution in [0.1, 0.15) is 30.4 Å². The lowest BCUT2D eigenvalue weighted by Crippen LogP contribution is -2.20. The van der Waals surface area contributed by atoms with Crippen molar-refractivity contribution < 1.29 is 0 Å². The summed E-state index contributed by atoms with van der Waals surface area (Å²) in [6.45, 7) is 4.50. The Kier molecular flexibility index (Phi) is 3.04. The third kappa shape index (κ3) is 2.24. The zero-order valence-corrected chi connectivity index (χ0v) is 11.5. The summed E-state index contributed by atoms with van der Waals surface area (Å²) in [7, 11) is 2.18. The standard InChI is InChI=1S/C16H19N3/c1-3-19(2)10-12-7-14(12)15-9-18-16-6-11(8-17)4-5-13(15)16/h4-6,9,12,14,18H,3,7,10H2,1-2H3. The Bertz CT molecular complexity index is 635. The molecule has 0 radical (unpaired) electrons. The van der Waals surface area contributed by atoms with Crippen molar-refractivity contribution >= 4 is 10.9 Å². The van der Waals surface area contributed by atoms with E-state index in [1.54, 1.807) is 0 Å². The number of fused-ring (bicyclic) bond motifs is 1. The van der Waals surface area contributed by atoms with Gasteiger partial charge in [-0.15, -0.1) is 0 Å². The number of rotatable bonds is 4. The lowest BCUT2D eigenvalue weighted by atomic mass is 10.1. The van der Waals surface area contributed by atoms with E-state index in [9.17, 15) is 0 Å². The molecule has 98 valence electrons. The molecular formula is C16H19N3. The highest BCUT2D eigenvalue weighted by Crippen LogP contribution is 2.49. The lowest BCUT2D eigenvalue weighted by Gasteiger charge is -2.12. The Hall–Kier alpha value is -1.79. The number of nitrogens with zero attached hydrogens (tertiary/aromatic N) is 2. The highest BCUT2D eigenvalue weighted by Gasteiger charge is 2.39. The van der Waals surface area contributed by atoms with Gasteiger partial charge < -0.3 is 9.88 Å². The van der Waals surface area contributed by atoms with Gasteiger partial charge in [0.15, 0.2) is 0 Å². The second-order valence-electron chi connectivity index (χ2n) is 5.57. The number of hydrogen-bond acceptors (Lipinski definition) is 2. The number of aromatic nitrogens is 1. The zero-order chi connectivity index (χ0) is 13.4. The summed E-state index contributed by atoms with van der Waals surface area (Å²) in [5, 5.41) is 10.2. The van der Waals surface area contributed by atoms with E-state index in [1.807, 2.05) is 12.1 Å². The van der Waals surface area contributed by atoms with Crippen LogP contribution >= 0.6 is 0 Å². The van der Waals surface area contributed by atoms with Crippen molar-refractivity contribution in [3.63, 3.8) is 0 Å². The molecule has 2 atom stereocenters. The van der Waals surface area contributed by atoms with Gasteiger partial charge in [0.1, 0.15) is 0 Å². The molecule has 3 rings (SSSR count). The summed E-state index contributed by atoms with van der Waals surface area (Å²) in [4.78, 5) is 5.69. The molecule has 1 N–H and O–H groups in total. The van der Waals surface area contributed by atoms with Crippen molar-refractivity contribution in [2.45, 2.75) is 19.3 Å². The van der Waals surface area contributed by atoms with Crippen molar-refractivity contribution in [2.75, 3.05) is 20.1 Å². The van der Waals surface area contributed by atoms with Crippen LogP contribution in [0.3, 0.4) is 0 Å². The van der Waals surface area contributed by atoms with E-state index < -0.39 is 0 Å². The molecule has 1 saturated carbocycles. The molecule has 3 heteroatoms. The SMILES string of the molecule is CCN(C)CC1CC1c1c[nH]c2cc(C#N)ccc12. The van der Waals surface area contributed by atoms with Gasteiger partial charge in [-0.3, -0.25) is 0 Å². The molecule has 1 aliphatic rings. The molecule has 0 aliphatic heterocycles. The molecule has 0 spiro atoms. The lowest BCUT2D eigenvalue weighted by molar-refractivity contribution is 0.335. The van der Waals surface area contributed by atoms with Crippen molar-refractivity contribution in [3.8, 4) is 6.07 Å². The molecule has 1 aliphatic carbocycles. The number of benzene rings is 1. The first-order chi connectivity index (χ1) is 9.22. The first kappa shape index (κ1) is 12.3. The fraction of sp³-hybridized carbons (Fsp3) is 0.438. The van der Waals surface area contributed by atoms with Crippen LogP contribution in [0.5, 0.6) is 0 Å². The van der Waals surface area contributed by atoms with E-state index in [0.717, 1.165) is 23.5 Å². The van der Waals surface area contributed by atoms with Crippen LogP contribution < -0.4 is 0 Å². The number of nitriles is 1. The van der Waals surface area contributed by atoms with Gasteiger partial charge in [0.2, 0.25) is 0 Å². The summed E-state index contributed by atoms with van der Waals surface area (Å²) < 4.78 is 0. The Balaban J connectivity index is 1.82. The Morgan fingerprint density at radius 3 is 3.05 bits per heavy atom. The molecule has 1 aromatic carbocycles. The smallest absolute Gasteiger partial charge is 0.0992 e. The minimum Gasteiger partial charge on any atom is -0.361 e. The maximum absolute atomic E-state index is 8.92. The first-order valence-electron chi connectivity index (χ1n) is 6.92. The van der Waals surface area contributed by atoms with Gasteiger partial charge in [0, 0.05) is 23.6 Å². The monoisotopic (exact) mass is 253 g/mol. The van der Waals surface area contributed by atoms with Crippen LogP contribution in [-0.2, 0) is 0 Å². The van der Waals surface area contributed by atoms with E-state index in [-0.39, 0.29) is 0 Å². The van der Waals surface area contributed by atoms with Gasteiger partial charge in [-0.2, -0.15) is 5.26 Å². The predicted octanol–water partition coefficient (Wildman–Crippen LogP) is 3.09. The minimum absolute atomic E-state index is 0.690. The number of nitrogens with one attached hydrogen (secondary N) is 1. The van der Waals surface area contributed by atoms with Crippen molar-refractivity contribution in [3.05, 3.63) is 35.5 Å². The molecule has 3 nitrogen and oxygen atoms in total. The maximum atomic E-state index is 8.92. The Morgan fingerprint density at radius 1 is 1.47 bits per heavy atom. The molecule has 19 heavy (non-hydrogen) atoms. The van der Waals surface area contributed by atoms with Crippen molar-refractivity contribution in [1.29, 1.82) is 5.26 Å². The predicted molar refractivity (Wildman–Crippen MR) is 77.0 cm³/mol.